The third-order valence-corrected chi connectivity index (χ3v) is 5.28. The van der Waals surface area contributed by atoms with Crippen molar-refractivity contribution in [2.75, 3.05) is 19.6 Å². The molecule has 1 aliphatic rings. The van der Waals surface area contributed by atoms with Crippen LogP contribution in [0.5, 0.6) is 0 Å². The third kappa shape index (κ3) is 4.90. The lowest BCUT2D eigenvalue weighted by Gasteiger charge is -2.32. The second-order valence-electron chi connectivity index (χ2n) is 7.36. The number of hydrogen-bond acceptors (Lipinski definition) is 3. The maximum atomic E-state index is 12.6. The molecule has 1 aromatic carbocycles. The molecule has 1 fully saturated rings. The summed E-state index contributed by atoms with van der Waals surface area (Å²) in [6.45, 7) is 1.31. The first-order chi connectivity index (χ1) is 14.2. The van der Waals surface area contributed by atoms with Crippen molar-refractivity contribution < 1.29 is 22.8 Å². The van der Waals surface area contributed by atoms with Gasteiger partial charge in [0.15, 0.2) is 0 Å². The molecule has 6 nitrogen and oxygen atoms in total. The van der Waals surface area contributed by atoms with Crippen LogP contribution >= 0.6 is 0 Å². The Bertz CT molecular complexity index is 975. The first-order valence-electron chi connectivity index (χ1n) is 9.57. The van der Waals surface area contributed by atoms with E-state index in [4.69, 9.17) is 0 Å². The topological polar surface area (TPSA) is 71.4 Å². The van der Waals surface area contributed by atoms with E-state index in [1.54, 1.807) is 24.2 Å². The Morgan fingerprint density at radius 3 is 2.33 bits per heavy atom. The Kier molecular flexibility index (Phi) is 6.28. The van der Waals surface area contributed by atoms with Gasteiger partial charge in [-0.3, -0.25) is 14.4 Å². The van der Waals surface area contributed by atoms with Crippen LogP contribution in [-0.2, 0) is 13.2 Å². The van der Waals surface area contributed by atoms with E-state index in [0.717, 1.165) is 24.3 Å². The number of amides is 2. The molecule has 2 heterocycles. The molecular formula is C21H22F3N3O3. The van der Waals surface area contributed by atoms with E-state index in [-0.39, 0.29) is 28.5 Å². The predicted octanol–water partition coefficient (Wildman–Crippen LogP) is 2.69. The maximum Gasteiger partial charge on any atom is 0.416 e. The van der Waals surface area contributed by atoms with Gasteiger partial charge in [-0.2, -0.15) is 13.2 Å². The lowest BCUT2D eigenvalue weighted by atomic mass is 9.96. The molecule has 1 aliphatic heterocycles. The largest absolute Gasteiger partial charge is 0.416 e. The van der Waals surface area contributed by atoms with Gasteiger partial charge in [-0.1, -0.05) is 0 Å². The Balaban J connectivity index is 1.50. The molecule has 160 valence electrons. The summed E-state index contributed by atoms with van der Waals surface area (Å²) in [6.07, 6.45) is -1.53. The van der Waals surface area contributed by atoms with Gasteiger partial charge in [0.2, 0.25) is 0 Å². The van der Waals surface area contributed by atoms with Crippen molar-refractivity contribution in [3.05, 3.63) is 69.6 Å². The van der Waals surface area contributed by atoms with E-state index in [1.165, 1.54) is 10.6 Å². The monoisotopic (exact) mass is 421 g/mol. The summed E-state index contributed by atoms with van der Waals surface area (Å²) in [4.78, 5) is 38.5. The molecule has 0 saturated carbocycles. The number of carbonyl (C=O) groups is 2. The van der Waals surface area contributed by atoms with Crippen LogP contribution in [0.2, 0.25) is 0 Å². The standard InChI is InChI=1S/C21H22F3N3O3/c1-26-10-2-3-17(19(26)29)20(30)27-11-8-14(9-12-27)13-25-18(28)15-4-6-16(7-5-15)21(22,23)24/h2-7,10,14H,8-9,11-13H2,1H3,(H,25,28). The molecule has 0 bridgehead atoms. The van der Waals surface area contributed by atoms with Gasteiger partial charge in [0.25, 0.3) is 17.4 Å². The number of aryl methyl sites for hydroxylation is 1. The number of rotatable bonds is 4. The van der Waals surface area contributed by atoms with Crippen LogP contribution in [0.15, 0.2) is 47.4 Å². The number of likely N-dealkylation sites (tertiary alicyclic amines) is 1. The minimum absolute atomic E-state index is 0.133. The van der Waals surface area contributed by atoms with Crippen LogP contribution in [0.25, 0.3) is 0 Å². The maximum absolute atomic E-state index is 12.6. The van der Waals surface area contributed by atoms with E-state index < -0.39 is 17.6 Å². The number of halogens is 3. The van der Waals surface area contributed by atoms with Crippen molar-refractivity contribution >= 4 is 11.8 Å². The minimum atomic E-state index is -4.44. The molecular weight excluding hydrogens is 399 g/mol. The Labute approximate surface area is 171 Å². The molecule has 0 unspecified atom stereocenters. The highest BCUT2D eigenvalue weighted by molar-refractivity contribution is 5.94. The van der Waals surface area contributed by atoms with Gasteiger partial charge in [-0.25, -0.2) is 0 Å². The summed E-state index contributed by atoms with van der Waals surface area (Å²) < 4.78 is 39.2. The predicted molar refractivity (Wildman–Crippen MR) is 104 cm³/mol. The summed E-state index contributed by atoms with van der Waals surface area (Å²) in [5.74, 6) is -0.593. The number of alkyl halides is 3. The lowest BCUT2D eigenvalue weighted by Crippen LogP contribution is -2.43. The highest BCUT2D eigenvalue weighted by atomic mass is 19.4. The fourth-order valence-corrected chi connectivity index (χ4v) is 3.42. The molecule has 2 aromatic rings. The second-order valence-corrected chi connectivity index (χ2v) is 7.36. The molecule has 0 aliphatic carbocycles. The van der Waals surface area contributed by atoms with E-state index in [2.05, 4.69) is 5.32 Å². The summed E-state index contributed by atoms with van der Waals surface area (Å²) in [5, 5.41) is 2.74. The number of carbonyl (C=O) groups excluding carboxylic acids is 2. The fraction of sp³-hybridized carbons (Fsp3) is 0.381. The molecule has 0 spiro atoms. The smallest absolute Gasteiger partial charge is 0.352 e. The zero-order chi connectivity index (χ0) is 21.9. The molecule has 3 rings (SSSR count). The van der Waals surface area contributed by atoms with Crippen molar-refractivity contribution in [3.8, 4) is 0 Å². The van der Waals surface area contributed by atoms with Crippen LogP contribution in [0.1, 0.15) is 39.1 Å². The SMILES string of the molecule is Cn1cccc(C(=O)N2CCC(CNC(=O)c3ccc(C(F)(F)F)cc3)CC2)c1=O. The number of piperidine rings is 1. The van der Waals surface area contributed by atoms with Gasteiger partial charge >= 0.3 is 6.18 Å². The quantitative estimate of drug-likeness (QED) is 0.825. The molecule has 1 saturated heterocycles. The van der Waals surface area contributed by atoms with Crippen molar-refractivity contribution in [2.24, 2.45) is 13.0 Å². The molecule has 1 N–H and O–H groups in total. The summed E-state index contributed by atoms with van der Waals surface area (Å²) in [7, 11) is 1.59. The van der Waals surface area contributed by atoms with Gasteiger partial charge in [0.05, 0.1) is 5.56 Å². The van der Waals surface area contributed by atoms with Gasteiger partial charge in [0.1, 0.15) is 5.56 Å². The van der Waals surface area contributed by atoms with Crippen molar-refractivity contribution in [2.45, 2.75) is 19.0 Å². The van der Waals surface area contributed by atoms with Crippen molar-refractivity contribution in [3.63, 3.8) is 0 Å². The van der Waals surface area contributed by atoms with Gasteiger partial charge in [-0.05, 0) is 55.2 Å². The molecule has 2 amide bonds. The van der Waals surface area contributed by atoms with Crippen LogP contribution in [0, 0.1) is 5.92 Å². The van der Waals surface area contributed by atoms with E-state index in [0.29, 0.717) is 32.5 Å². The Hall–Kier alpha value is -3.10. The highest BCUT2D eigenvalue weighted by Gasteiger charge is 2.30. The number of benzene rings is 1. The Morgan fingerprint density at radius 2 is 1.73 bits per heavy atom. The average molecular weight is 421 g/mol. The number of hydrogen-bond donors (Lipinski definition) is 1. The first kappa shape index (κ1) is 21.6. The number of pyridine rings is 1. The Morgan fingerprint density at radius 1 is 1.10 bits per heavy atom. The lowest BCUT2D eigenvalue weighted by molar-refractivity contribution is -0.137. The molecule has 0 atom stereocenters. The van der Waals surface area contributed by atoms with Crippen molar-refractivity contribution in [1.29, 1.82) is 0 Å². The third-order valence-electron chi connectivity index (χ3n) is 5.28. The molecule has 1 aromatic heterocycles. The summed E-state index contributed by atoms with van der Waals surface area (Å²) in [6, 6.07) is 7.23. The van der Waals surface area contributed by atoms with Crippen LogP contribution in [0.3, 0.4) is 0 Å². The second kappa shape index (κ2) is 8.73. The highest BCUT2D eigenvalue weighted by Crippen LogP contribution is 2.29. The normalized spacial score (nSPS) is 15.1. The average Bonchev–Trinajstić information content (AvgIpc) is 2.73. The minimum Gasteiger partial charge on any atom is -0.352 e. The summed E-state index contributed by atoms with van der Waals surface area (Å²) in [5.41, 5.74) is -0.845. The van der Waals surface area contributed by atoms with Crippen LogP contribution < -0.4 is 10.9 Å². The van der Waals surface area contributed by atoms with Crippen LogP contribution in [-0.4, -0.2) is 40.9 Å². The zero-order valence-corrected chi connectivity index (χ0v) is 16.4. The first-order valence-corrected chi connectivity index (χ1v) is 9.57. The zero-order valence-electron chi connectivity index (χ0n) is 16.4. The van der Waals surface area contributed by atoms with Crippen LogP contribution in [0.4, 0.5) is 13.2 Å². The van der Waals surface area contributed by atoms with E-state index in [9.17, 15) is 27.6 Å². The van der Waals surface area contributed by atoms with Gasteiger partial charge in [0, 0.05) is 38.4 Å². The molecule has 9 heteroatoms. The van der Waals surface area contributed by atoms with Gasteiger partial charge < -0.3 is 14.8 Å². The van der Waals surface area contributed by atoms with Crippen molar-refractivity contribution in [1.82, 2.24) is 14.8 Å². The number of nitrogens with zero attached hydrogens (tertiary/aromatic N) is 2. The summed E-state index contributed by atoms with van der Waals surface area (Å²) >= 11 is 0. The van der Waals surface area contributed by atoms with Gasteiger partial charge in [-0.15, -0.1) is 0 Å². The number of nitrogens with one attached hydrogen (secondary N) is 1. The molecule has 0 radical (unpaired) electrons. The number of aromatic nitrogens is 1. The van der Waals surface area contributed by atoms with E-state index >= 15 is 0 Å². The fourth-order valence-electron chi connectivity index (χ4n) is 3.42. The van der Waals surface area contributed by atoms with E-state index in [1.807, 2.05) is 0 Å². The molecule has 30 heavy (non-hydrogen) atoms.